The summed E-state index contributed by atoms with van der Waals surface area (Å²) in [5.41, 5.74) is 7.05. The number of carbonyl (C=O) groups excluding carboxylic acids is 2. The average Bonchev–Trinajstić information content (AvgIpc) is 2.91. The van der Waals surface area contributed by atoms with E-state index in [1.165, 1.54) is 17.3 Å². The van der Waals surface area contributed by atoms with Gasteiger partial charge in [0.1, 0.15) is 5.82 Å². The number of hydrogen-bond acceptors (Lipinski definition) is 5. The summed E-state index contributed by atoms with van der Waals surface area (Å²) >= 11 is 1.34. The molecule has 24 heavy (non-hydrogen) atoms. The molecule has 0 aliphatic carbocycles. The second kappa shape index (κ2) is 8.10. The summed E-state index contributed by atoms with van der Waals surface area (Å²) in [5.74, 6) is 1.11. The summed E-state index contributed by atoms with van der Waals surface area (Å²) in [6.07, 6.45) is 0.682. The largest absolute Gasteiger partial charge is 0.370 e. The van der Waals surface area contributed by atoms with Gasteiger partial charge >= 0.3 is 0 Å². The van der Waals surface area contributed by atoms with Gasteiger partial charge in [0.05, 0.1) is 5.75 Å². The Labute approximate surface area is 145 Å². The van der Waals surface area contributed by atoms with Gasteiger partial charge < -0.3 is 10.3 Å². The van der Waals surface area contributed by atoms with Gasteiger partial charge in [-0.1, -0.05) is 49.9 Å². The minimum Gasteiger partial charge on any atom is -0.370 e. The van der Waals surface area contributed by atoms with Crippen LogP contribution in [0, 0.1) is 0 Å². The van der Waals surface area contributed by atoms with Crippen LogP contribution in [0.15, 0.2) is 29.4 Å². The van der Waals surface area contributed by atoms with Gasteiger partial charge in [-0.05, 0) is 11.5 Å². The maximum Gasteiger partial charge on any atom is 0.217 e. The molecule has 0 fully saturated rings. The molecule has 6 nitrogen and oxygen atoms in total. The van der Waals surface area contributed by atoms with Gasteiger partial charge in [-0.2, -0.15) is 0 Å². The van der Waals surface area contributed by atoms with Gasteiger partial charge in [0.15, 0.2) is 10.9 Å². The molecule has 2 rings (SSSR count). The third-order valence-electron chi connectivity index (χ3n) is 3.75. The molecule has 128 valence electrons. The Morgan fingerprint density at radius 2 is 1.88 bits per heavy atom. The molecule has 2 N–H and O–H groups in total. The Hall–Kier alpha value is -2.15. The lowest BCUT2D eigenvalue weighted by Gasteiger charge is -2.06. The van der Waals surface area contributed by atoms with E-state index in [2.05, 4.69) is 24.0 Å². The van der Waals surface area contributed by atoms with Crippen molar-refractivity contribution < 1.29 is 9.59 Å². The van der Waals surface area contributed by atoms with Crippen molar-refractivity contribution >= 4 is 23.5 Å². The summed E-state index contributed by atoms with van der Waals surface area (Å²) in [6, 6.07) is 7.72. The highest BCUT2D eigenvalue weighted by atomic mass is 32.2. The quantitative estimate of drug-likeness (QED) is 0.585. The van der Waals surface area contributed by atoms with Crippen LogP contribution in [0.5, 0.6) is 0 Å². The van der Waals surface area contributed by atoms with E-state index in [0.29, 0.717) is 34.6 Å². The van der Waals surface area contributed by atoms with Crippen LogP contribution in [-0.2, 0) is 18.3 Å². The van der Waals surface area contributed by atoms with Crippen LogP contribution in [-0.4, -0.2) is 32.2 Å². The van der Waals surface area contributed by atoms with Crippen LogP contribution in [0.1, 0.15) is 47.9 Å². The third kappa shape index (κ3) is 4.67. The minimum atomic E-state index is -0.368. The number of nitrogens with two attached hydrogens (primary N) is 1. The molecule has 0 radical (unpaired) electrons. The van der Waals surface area contributed by atoms with Crippen molar-refractivity contribution in [3.05, 3.63) is 41.2 Å². The molecule has 0 saturated carbocycles. The predicted octanol–water partition coefficient (Wildman–Crippen LogP) is 2.33. The fourth-order valence-electron chi connectivity index (χ4n) is 2.19. The number of benzene rings is 1. The number of amides is 1. The Morgan fingerprint density at radius 1 is 1.21 bits per heavy atom. The zero-order chi connectivity index (χ0) is 17.7. The van der Waals surface area contributed by atoms with Crippen molar-refractivity contribution in [2.45, 2.75) is 37.8 Å². The summed E-state index contributed by atoms with van der Waals surface area (Å²) < 4.78 is 1.79. The van der Waals surface area contributed by atoms with Gasteiger partial charge in [-0.25, -0.2) is 0 Å². The van der Waals surface area contributed by atoms with Crippen molar-refractivity contribution in [3.8, 4) is 0 Å². The van der Waals surface area contributed by atoms with E-state index in [-0.39, 0.29) is 18.1 Å². The number of ketones is 1. The number of thioether (sulfide) groups is 1. The number of aromatic nitrogens is 3. The average molecular weight is 346 g/mol. The first-order valence-electron chi connectivity index (χ1n) is 7.81. The summed E-state index contributed by atoms with van der Waals surface area (Å²) in [4.78, 5) is 23.1. The first-order chi connectivity index (χ1) is 11.4. The number of Topliss-reactive ketones (excluding diaryl/α,β-unsaturated/α-hetero) is 1. The molecule has 0 atom stereocenters. The monoisotopic (exact) mass is 346 g/mol. The number of primary amides is 1. The minimum absolute atomic E-state index is 0.0528. The second-order valence-corrected chi connectivity index (χ2v) is 6.86. The van der Waals surface area contributed by atoms with E-state index >= 15 is 0 Å². The lowest BCUT2D eigenvalue weighted by molar-refractivity contribution is -0.118. The topological polar surface area (TPSA) is 90.9 Å². The normalized spacial score (nSPS) is 11.0. The third-order valence-corrected chi connectivity index (χ3v) is 4.77. The van der Waals surface area contributed by atoms with Gasteiger partial charge in [0, 0.05) is 25.5 Å². The first-order valence-corrected chi connectivity index (χ1v) is 8.79. The van der Waals surface area contributed by atoms with E-state index in [1.807, 2.05) is 31.3 Å². The molecule has 1 heterocycles. The molecule has 1 aromatic carbocycles. The fourth-order valence-corrected chi connectivity index (χ4v) is 3.02. The SMILES string of the molecule is CC(C)c1ccc(C(=O)CSc2nnc(CCC(N)=O)n2C)cc1. The molecule has 7 heteroatoms. The van der Waals surface area contributed by atoms with Crippen molar-refractivity contribution in [2.75, 3.05) is 5.75 Å². The van der Waals surface area contributed by atoms with Crippen LogP contribution < -0.4 is 5.73 Å². The van der Waals surface area contributed by atoms with Crippen molar-refractivity contribution in [2.24, 2.45) is 12.8 Å². The van der Waals surface area contributed by atoms with E-state index in [0.717, 1.165) is 0 Å². The van der Waals surface area contributed by atoms with E-state index < -0.39 is 0 Å². The molecule has 0 aliphatic rings. The highest BCUT2D eigenvalue weighted by Gasteiger charge is 2.13. The highest BCUT2D eigenvalue weighted by molar-refractivity contribution is 7.99. The smallest absolute Gasteiger partial charge is 0.217 e. The molecule has 1 amide bonds. The van der Waals surface area contributed by atoms with Gasteiger partial charge in [0.25, 0.3) is 0 Å². The van der Waals surface area contributed by atoms with Crippen LogP contribution in [0.2, 0.25) is 0 Å². The molecule has 0 saturated heterocycles. The van der Waals surface area contributed by atoms with Crippen molar-refractivity contribution in [1.82, 2.24) is 14.8 Å². The summed E-state index contributed by atoms with van der Waals surface area (Å²) in [5, 5.41) is 8.76. The molecule has 0 unspecified atom stereocenters. The standard InChI is InChI=1S/C17H22N4O2S/c1-11(2)12-4-6-13(7-5-12)14(22)10-24-17-20-19-16(21(17)3)9-8-15(18)23/h4-7,11H,8-10H2,1-3H3,(H2,18,23). The van der Waals surface area contributed by atoms with Crippen LogP contribution in [0.3, 0.4) is 0 Å². The molecular formula is C17H22N4O2S. The first kappa shape index (κ1) is 18.2. The Balaban J connectivity index is 1.95. The number of rotatable bonds is 8. The molecule has 2 aromatic rings. The number of nitrogens with zero attached hydrogens (tertiary/aromatic N) is 3. The Kier molecular flexibility index (Phi) is 6.14. The Bertz CT molecular complexity index is 723. The van der Waals surface area contributed by atoms with E-state index in [4.69, 9.17) is 5.73 Å². The maximum atomic E-state index is 12.3. The molecule has 0 spiro atoms. The zero-order valence-electron chi connectivity index (χ0n) is 14.2. The van der Waals surface area contributed by atoms with Gasteiger partial charge in [-0.15, -0.1) is 10.2 Å². The Morgan fingerprint density at radius 3 is 2.46 bits per heavy atom. The zero-order valence-corrected chi connectivity index (χ0v) is 15.0. The van der Waals surface area contributed by atoms with Crippen LogP contribution >= 0.6 is 11.8 Å². The van der Waals surface area contributed by atoms with Gasteiger partial charge in [-0.3, -0.25) is 9.59 Å². The molecular weight excluding hydrogens is 324 g/mol. The predicted molar refractivity (Wildman–Crippen MR) is 94.1 cm³/mol. The maximum absolute atomic E-state index is 12.3. The highest BCUT2D eigenvalue weighted by Crippen LogP contribution is 2.19. The van der Waals surface area contributed by atoms with Crippen molar-refractivity contribution in [1.29, 1.82) is 0 Å². The van der Waals surface area contributed by atoms with E-state index in [9.17, 15) is 9.59 Å². The number of carbonyl (C=O) groups is 2. The van der Waals surface area contributed by atoms with Crippen molar-refractivity contribution in [3.63, 3.8) is 0 Å². The lowest BCUT2D eigenvalue weighted by Crippen LogP contribution is -2.13. The number of hydrogen-bond donors (Lipinski definition) is 1. The molecule has 1 aromatic heterocycles. The summed E-state index contributed by atoms with van der Waals surface area (Å²) in [7, 11) is 1.82. The van der Waals surface area contributed by atoms with Crippen LogP contribution in [0.4, 0.5) is 0 Å². The summed E-state index contributed by atoms with van der Waals surface area (Å²) in [6.45, 7) is 4.24. The molecule has 0 aliphatic heterocycles. The number of aryl methyl sites for hydroxylation is 1. The van der Waals surface area contributed by atoms with E-state index in [1.54, 1.807) is 4.57 Å². The second-order valence-electron chi connectivity index (χ2n) is 5.91. The van der Waals surface area contributed by atoms with Crippen LogP contribution in [0.25, 0.3) is 0 Å². The van der Waals surface area contributed by atoms with Gasteiger partial charge in [0.2, 0.25) is 5.91 Å². The lowest BCUT2D eigenvalue weighted by atomic mass is 10.0. The molecule has 0 bridgehead atoms. The fraction of sp³-hybridized carbons (Fsp3) is 0.412.